The number of aromatic nitrogens is 4. The van der Waals surface area contributed by atoms with Gasteiger partial charge in [-0.1, -0.05) is 0 Å². The molecule has 24 heavy (non-hydrogen) atoms. The lowest BCUT2D eigenvalue weighted by Crippen LogP contribution is -2.13. The third-order valence-corrected chi connectivity index (χ3v) is 3.89. The van der Waals surface area contributed by atoms with Gasteiger partial charge in [0.2, 0.25) is 0 Å². The topological polar surface area (TPSA) is 107 Å². The number of hydrogen-bond donors (Lipinski definition) is 1. The predicted molar refractivity (Wildman–Crippen MR) is 81.8 cm³/mol. The van der Waals surface area contributed by atoms with Gasteiger partial charge in [0.25, 0.3) is 5.91 Å². The van der Waals surface area contributed by atoms with E-state index in [0.717, 1.165) is 12.1 Å². The Hall–Kier alpha value is -3.14. The molecular formula is C14H10FN5O3S. The summed E-state index contributed by atoms with van der Waals surface area (Å²) in [7, 11) is -4.77. The second-order valence-corrected chi connectivity index (χ2v) is 6.01. The number of benzene rings is 1. The van der Waals surface area contributed by atoms with E-state index in [1.807, 2.05) is 0 Å². The van der Waals surface area contributed by atoms with E-state index in [-0.39, 0.29) is 0 Å². The van der Waals surface area contributed by atoms with Gasteiger partial charge in [-0.15, -0.1) is 3.89 Å². The first-order chi connectivity index (χ1) is 11.4. The molecule has 0 fully saturated rings. The van der Waals surface area contributed by atoms with E-state index in [4.69, 9.17) is 0 Å². The highest BCUT2D eigenvalue weighted by molar-refractivity contribution is 7.86. The highest BCUT2D eigenvalue weighted by Crippen LogP contribution is 2.17. The maximum Gasteiger partial charge on any atom is 0.332 e. The molecule has 1 aromatic carbocycles. The van der Waals surface area contributed by atoms with Gasteiger partial charge in [0.1, 0.15) is 12.7 Å². The molecular weight excluding hydrogens is 337 g/mol. The Bertz CT molecular complexity index is 972. The molecule has 122 valence electrons. The molecule has 0 spiro atoms. The molecule has 0 aliphatic rings. The standard InChI is InChI=1S/C14H10FN5O3S/c15-24(22,23)12-3-1-11(2-4-12)19-14(21)10-5-6-17-13(7-10)20-9-16-8-18-20/h1-9H,(H,19,21). The van der Waals surface area contributed by atoms with Crippen molar-refractivity contribution in [3.63, 3.8) is 0 Å². The number of halogens is 1. The van der Waals surface area contributed by atoms with Crippen molar-refractivity contribution in [2.24, 2.45) is 0 Å². The van der Waals surface area contributed by atoms with Gasteiger partial charge in [0, 0.05) is 17.4 Å². The van der Waals surface area contributed by atoms with Crippen LogP contribution in [0.1, 0.15) is 10.4 Å². The van der Waals surface area contributed by atoms with Crippen molar-refractivity contribution in [2.45, 2.75) is 4.90 Å². The van der Waals surface area contributed by atoms with Gasteiger partial charge in [-0.25, -0.2) is 14.6 Å². The number of nitrogens with zero attached hydrogens (tertiary/aromatic N) is 4. The fraction of sp³-hybridized carbons (Fsp3) is 0. The summed E-state index contributed by atoms with van der Waals surface area (Å²) in [5.41, 5.74) is 0.643. The molecule has 0 aliphatic carbocycles. The minimum absolute atomic E-state index is 0.317. The third-order valence-electron chi connectivity index (χ3n) is 3.05. The quantitative estimate of drug-likeness (QED) is 0.718. The maximum atomic E-state index is 12.8. The maximum absolute atomic E-state index is 12.8. The van der Waals surface area contributed by atoms with Gasteiger partial charge >= 0.3 is 10.2 Å². The highest BCUT2D eigenvalue weighted by Gasteiger charge is 2.12. The molecule has 0 aliphatic heterocycles. The smallest absolute Gasteiger partial charge is 0.322 e. The van der Waals surface area contributed by atoms with Crippen molar-refractivity contribution in [1.29, 1.82) is 0 Å². The van der Waals surface area contributed by atoms with Gasteiger partial charge in [-0.05, 0) is 36.4 Å². The average Bonchev–Trinajstić information content (AvgIpc) is 3.09. The lowest BCUT2D eigenvalue weighted by molar-refractivity contribution is 0.102. The van der Waals surface area contributed by atoms with Crippen LogP contribution < -0.4 is 5.32 Å². The number of anilines is 1. The van der Waals surface area contributed by atoms with Crippen molar-refractivity contribution in [2.75, 3.05) is 5.32 Å². The van der Waals surface area contributed by atoms with Gasteiger partial charge in [0.05, 0.1) is 4.90 Å². The van der Waals surface area contributed by atoms with E-state index >= 15 is 0 Å². The molecule has 0 atom stereocenters. The Morgan fingerprint density at radius 1 is 1.17 bits per heavy atom. The molecule has 0 saturated carbocycles. The molecule has 0 unspecified atom stereocenters. The molecule has 2 aromatic heterocycles. The summed E-state index contributed by atoms with van der Waals surface area (Å²) in [5.74, 6) is -0.0198. The fourth-order valence-electron chi connectivity index (χ4n) is 1.92. The van der Waals surface area contributed by atoms with E-state index in [9.17, 15) is 17.1 Å². The lowest BCUT2D eigenvalue weighted by Gasteiger charge is -2.07. The van der Waals surface area contributed by atoms with Crippen LogP contribution in [0.3, 0.4) is 0 Å². The van der Waals surface area contributed by atoms with Crippen LogP contribution in [0.15, 0.2) is 60.1 Å². The Morgan fingerprint density at radius 2 is 1.92 bits per heavy atom. The van der Waals surface area contributed by atoms with Crippen molar-refractivity contribution in [3.05, 3.63) is 60.8 Å². The number of hydrogen-bond acceptors (Lipinski definition) is 6. The molecule has 3 aromatic rings. The van der Waals surface area contributed by atoms with E-state index in [0.29, 0.717) is 17.1 Å². The zero-order valence-electron chi connectivity index (χ0n) is 12.0. The number of pyridine rings is 1. The Balaban J connectivity index is 1.79. The largest absolute Gasteiger partial charge is 0.332 e. The van der Waals surface area contributed by atoms with Crippen molar-refractivity contribution >= 4 is 21.8 Å². The van der Waals surface area contributed by atoms with Crippen LogP contribution in [0.2, 0.25) is 0 Å². The number of carbonyl (C=O) groups is 1. The van der Waals surface area contributed by atoms with Crippen molar-refractivity contribution in [3.8, 4) is 5.82 Å². The summed E-state index contributed by atoms with van der Waals surface area (Å²) in [4.78, 5) is 19.6. The molecule has 1 N–H and O–H groups in total. The average molecular weight is 347 g/mol. The van der Waals surface area contributed by atoms with Crippen molar-refractivity contribution in [1.82, 2.24) is 19.7 Å². The summed E-state index contributed by atoms with van der Waals surface area (Å²) in [6.45, 7) is 0. The Morgan fingerprint density at radius 3 is 2.54 bits per heavy atom. The normalized spacial score (nSPS) is 11.2. The number of rotatable bonds is 4. The van der Waals surface area contributed by atoms with Crippen molar-refractivity contribution < 1.29 is 17.1 Å². The second-order valence-electron chi connectivity index (χ2n) is 4.66. The van der Waals surface area contributed by atoms with Gasteiger partial charge < -0.3 is 5.32 Å². The lowest BCUT2D eigenvalue weighted by atomic mass is 10.2. The first-order valence-corrected chi connectivity index (χ1v) is 7.99. The number of amides is 1. The Kier molecular flexibility index (Phi) is 4.04. The summed E-state index contributed by atoms with van der Waals surface area (Å²) in [5, 5.41) is 6.50. The van der Waals surface area contributed by atoms with Gasteiger partial charge in [-0.3, -0.25) is 4.79 Å². The molecule has 1 amide bonds. The van der Waals surface area contributed by atoms with Crippen LogP contribution in [0.4, 0.5) is 9.57 Å². The SMILES string of the molecule is O=C(Nc1ccc(S(=O)(=O)F)cc1)c1ccnc(-n2cncn2)c1. The first kappa shape index (κ1) is 15.7. The van der Waals surface area contributed by atoms with Crippen LogP contribution in [-0.4, -0.2) is 34.1 Å². The number of nitrogens with one attached hydrogen (secondary N) is 1. The molecule has 0 bridgehead atoms. The van der Waals surface area contributed by atoms with E-state index < -0.39 is 21.0 Å². The molecule has 2 heterocycles. The Labute approximate surface area is 136 Å². The van der Waals surface area contributed by atoms with E-state index in [1.165, 1.54) is 47.8 Å². The minimum atomic E-state index is -4.77. The van der Waals surface area contributed by atoms with E-state index in [1.54, 1.807) is 0 Å². The van der Waals surface area contributed by atoms with Gasteiger partial charge in [0.15, 0.2) is 5.82 Å². The molecule has 0 radical (unpaired) electrons. The highest BCUT2D eigenvalue weighted by atomic mass is 32.3. The summed E-state index contributed by atoms with van der Waals surface area (Å²) in [6, 6.07) is 7.75. The van der Waals surface area contributed by atoms with Crippen LogP contribution in [-0.2, 0) is 10.2 Å². The molecule has 0 saturated heterocycles. The summed E-state index contributed by atoms with van der Waals surface area (Å²) < 4.78 is 35.8. The molecule has 3 rings (SSSR count). The van der Waals surface area contributed by atoms with Crippen LogP contribution in [0, 0.1) is 0 Å². The number of carbonyl (C=O) groups excluding carboxylic acids is 1. The first-order valence-electron chi connectivity index (χ1n) is 6.60. The molecule has 8 nitrogen and oxygen atoms in total. The zero-order valence-corrected chi connectivity index (χ0v) is 12.8. The van der Waals surface area contributed by atoms with E-state index in [2.05, 4.69) is 20.4 Å². The second kappa shape index (κ2) is 6.16. The fourth-order valence-corrected chi connectivity index (χ4v) is 2.38. The van der Waals surface area contributed by atoms with Crippen LogP contribution in [0.5, 0.6) is 0 Å². The molecule has 10 heteroatoms. The monoisotopic (exact) mass is 347 g/mol. The minimum Gasteiger partial charge on any atom is -0.322 e. The van der Waals surface area contributed by atoms with Crippen LogP contribution in [0.25, 0.3) is 5.82 Å². The zero-order chi connectivity index (χ0) is 17.2. The predicted octanol–water partition coefficient (Wildman–Crippen LogP) is 1.57. The summed E-state index contributed by atoms with van der Waals surface area (Å²) >= 11 is 0. The van der Waals surface area contributed by atoms with Gasteiger partial charge in [-0.2, -0.15) is 13.5 Å². The van der Waals surface area contributed by atoms with Crippen LogP contribution >= 0.6 is 0 Å². The summed E-state index contributed by atoms with van der Waals surface area (Å²) in [6.07, 6.45) is 4.24. The third kappa shape index (κ3) is 3.43.